The zero-order chi connectivity index (χ0) is 17.5. The molecular weight excluding hydrogens is 342 g/mol. The molecule has 0 bridgehead atoms. The van der Waals surface area contributed by atoms with Gasteiger partial charge >= 0.3 is 0 Å². The summed E-state index contributed by atoms with van der Waals surface area (Å²) in [5.41, 5.74) is 4.48. The lowest BCUT2D eigenvalue weighted by molar-refractivity contribution is 0.301. The van der Waals surface area contributed by atoms with Crippen molar-refractivity contribution < 1.29 is 4.74 Å². The molecule has 0 aliphatic heterocycles. The summed E-state index contributed by atoms with van der Waals surface area (Å²) in [6.45, 7) is 4.87. The first kappa shape index (κ1) is 20.0. The molecule has 0 spiro atoms. The van der Waals surface area contributed by atoms with Gasteiger partial charge in [0.1, 0.15) is 12.4 Å². The van der Waals surface area contributed by atoms with Crippen LogP contribution in [0.1, 0.15) is 44.4 Å². The lowest BCUT2D eigenvalue weighted by atomic mass is 10.1. The molecule has 3 aromatic rings. The SMILES string of the molecule is CCCCC=C(C)c1cccc(OCc2ccc3ccccc3n2)c1.Cl. The van der Waals surface area contributed by atoms with Crippen molar-refractivity contribution in [1.82, 2.24) is 4.98 Å². The smallest absolute Gasteiger partial charge is 0.130 e. The number of benzene rings is 2. The van der Waals surface area contributed by atoms with Crippen LogP contribution in [0.5, 0.6) is 5.75 Å². The molecule has 0 saturated carbocycles. The number of pyridine rings is 1. The summed E-state index contributed by atoms with van der Waals surface area (Å²) in [5, 5.41) is 1.15. The van der Waals surface area contributed by atoms with Crippen molar-refractivity contribution >= 4 is 28.9 Å². The summed E-state index contributed by atoms with van der Waals surface area (Å²) in [7, 11) is 0. The highest BCUT2D eigenvalue weighted by Gasteiger charge is 2.02. The van der Waals surface area contributed by atoms with Crippen LogP contribution in [0.2, 0.25) is 0 Å². The predicted octanol–water partition coefficient (Wildman–Crippen LogP) is 6.83. The molecule has 1 heterocycles. The van der Waals surface area contributed by atoms with E-state index in [2.05, 4.69) is 55.2 Å². The van der Waals surface area contributed by atoms with Crippen LogP contribution in [-0.4, -0.2) is 4.98 Å². The first-order chi connectivity index (χ1) is 12.3. The van der Waals surface area contributed by atoms with Crippen LogP contribution in [-0.2, 0) is 6.61 Å². The van der Waals surface area contributed by atoms with Crippen molar-refractivity contribution in [3.63, 3.8) is 0 Å². The van der Waals surface area contributed by atoms with Gasteiger partial charge < -0.3 is 4.74 Å². The van der Waals surface area contributed by atoms with Crippen LogP contribution in [0.15, 0.2) is 66.7 Å². The number of hydrogen-bond acceptors (Lipinski definition) is 2. The molecule has 0 saturated heterocycles. The number of halogens is 1. The molecule has 3 heteroatoms. The molecule has 136 valence electrons. The van der Waals surface area contributed by atoms with Gasteiger partial charge in [-0.15, -0.1) is 12.4 Å². The fourth-order valence-electron chi connectivity index (χ4n) is 2.82. The minimum absolute atomic E-state index is 0. The highest BCUT2D eigenvalue weighted by Crippen LogP contribution is 2.22. The molecule has 3 rings (SSSR count). The average Bonchev–Trinajstić information content (AvgIpc) is 2.66. The number of aromatic nitrogens is 1. The van der Waals surface area contributed by atoms with Crippen molar-refractivity contribution in [3.8, 4) is 5.75 Å². The van der Waals surface area contributed by atoms with Crippen LogP contribution >= 0.6 is 12.4 Å². The number of allylic oxidation sites excluding steroid dienone is 2. The largest absolute Gasteiger partial charge is 0.487 e. The quantitative estimate of drug-likeness (QED) is 0.427. The maximum Gasteiger partial charge on any atom is 0.130 e. The Morgan fingerprint density at radius 3 is 2.73 bits per heavy atom. The number of nitrogens with zero attached hydrogens (tertiary/aromatic N) is 1. The minimum atomic E-state index is 0. The maximum absolute atomic E-state index is 5.97. The van der Waals surface area contributed by atoms with Crippen molar-refractivity contribution in [3.05, 3.63) is 78.0 Å². The third-order valence-electron chi connectivity index (χ3n) is 4.34. The number of para-hydroxylation sites is 1. The van der Waals surface area contributed by atoms with E-state index in [1.807, 2.05) is 30.3 Å². The minimum Gasteiger partial charge on any atom is -0.487 e. The molecular formula is C23H26ClNO. The Labute approximate surface area is 162 Å². The van der Waals surface area contributed by atoms with Crippen LogP contribution in [0.4, 0.5) is 0 Å². The van der Waals surface area contributed by atoms with Gasteiger partial charge in [-0.1, -0.05) is 62.2 Å². The lowest BCUT2D eigenvalue weighted by Crippen LogP contribution is -1.98. The molecule has 0 N–H and O–H groups in total. The first-order valence-electron chi connectivity index (χ1n) is 9.01. The van der Waals surface area contributed by atoms with E-state index in [1.54, 1.807) is 0 Å². The summed E-state index contributed by atoms with van der Waals surface area (Å²) in [6.07, 6.45) is 5.91. The second kappa shape index (κ2) is 9.98. The number of fused-ring (bicyclic) bond motifs is 1. The fraction of sp³-hybridized carbons (Fsp3) is 0.261. The highest BCUT2D eigenvalue weighted by atomic mass is 35.5. The van der Waals surface area contributed by atoms with Crippen molar-refractivity contribution in [2.24, 2.45) is 0 Å². The number of ether oxygens (including phenoxy) is 1. The summed E-state index contributed by atoms with van der Waals surface area (Å²) in [5.74, 6) is 0.885. The van der Waals surface area contributed by atoms with Gasteiger partial charge in [0.2, 0.25) is 0 Å². The van der Waals surface area contributed by atoms with Crippen LogP contribution in [0.25, 0.3) is 16.5 Å². The number of rotatable bonds is 7. The molecule has 0 aliphatic carbocycles. The Morgan fingerprint density at radius 2 is 1.88 bits per heavy atom. The van der Waals surface area contributed by atoms with Crippen LogP contribution in [0.3, 0.4) is 0 Å². The van der Waals surface area contributed by atoms with Crippen molar-refractivity contribution in [2.45, 2.75) is 39.7 Å². The summed E-state index contributed by atoms with van der Waals surface area (Å²) < 4.78 is 5.97. The van der Waals surface area contributed by atoms with E-state index in [-0.39, 0.29) is 12.4 Å². The lowest BCUT2D eigenvalue weighted by Gasteiger charge is -2.09. The first-order valence-corrected chi connectivity index (χ1v) is 9.01. The summed E-state index contributed by atoms with van der Waals surface area (Å²) in [6, 6.07) is 20.6. The molecule has 0 unspecified atom stereocenters. The second-order valence-electron chi connectivity index (χ2n) is 6.34. The Hall–Kier alpha value is -2.32. The van der Waals surface area contributed by atoms with E-state index >= 15 is 0 Å². The molecule has 0 radical (unpaired) electrons. The highest BCUT2D eigenvalue weighted by molar-refractivity contribution is 5.85. The standard InChI is InChI=1S/C23H25NO.ClH/c1-3-4-5-9-18(2)20-11-8-12-22(16-20)25-17-21-15-14-19-10-6-7-13-23(19)24-21;/h6-16H,3-5,17H2,1-2H3;1H. The normalized spacial score (nSPS) is 11.2. The van der Waals surface area contributed by atoms with E-state index in [0.29, 0.717) is 6.61 Å². The third-order valence-corrected chi connectivity index (χ3v) is 4.34. The Bertz CT molecular complexity index is 873. The van der Waals surface area contributed by atoms with Crippen LogP contribution in [0, 0.1) is 0 Å². The molecule has 26 heavy (non-hydrogen) atoms. The predicted molar refractivity (Wildman–Crippen MR) is 113 cm³/mol. The Balaban J connectivity index is 0.00000243. The van der Waals surface area contributed by atoms with Gasteiger partial charge in [0, 0.05) is 5.39 Å². The topological polar surface area (TPSA) is 22.1 Å². The van der Waals surface area contributed by atoms with E-state index < -0.39 is 0 Å². The van der Waals surface area contributed by atoms with Crippen molar-refractivity contribution in [2.75, 3.05) is 0 Å². The van der Waals surface area contributed by atoms with Gasteiger partial charge in [0.25, 0.3) is 0 Å². The molecule has 1 aromatic heterocycles. The van der Waals surface area contributed by atoms with E-state index in [0.717, 1.165) is 28.8 Å². The van der Waals surface area contributed by atoms with Gasteiger partial charge in [-0.05, 0) is 48.7 Å². The van der Waals surface area contributed by atoms with Gasteiger partial charge in [0.05, 0.1) is 11.2 Å². The monoisotopic (exact) mass is 367 g/mol. The fourth-order valence-corrected chi connectivity index (χ4v) is 2.82. The van der Waals surface area contributed by atoms with E-state index in [4.69, 9.17) is 4.74 Å². The molecule has 2 aromatic carbocycles. The van der Waals surface area contributed by atoms with Gasteiger partial charge in [0.15, 0.2) is 0 Å². The Kier molecular flexibility index (Phi) is 7.68. The van der Waals surface area contributed by atoms with Crippen molar-refractivity contribution in [1.29, 1.82) is 0 Å². The zero-order valence-corrected chi connectivity index (χ0v) is 16.3. The maximum atomic E-state index is 5.97. The van der Waals surface area contributed by atoms with Gasteiger partial charge in [-0.3, -0.25) is 0 Å². The molecule has 0 atom stereocenters. The summed E-state index contributed by atoms with van der Waals surface area (Å²) in [4.78, 5) is 4.66. The summed E-state index contributed by atoms with van der Waals surface area (Å²) >= 11 is 0. The van der Waals surface area contributed by atoms with Gasteiger partial charge in [-0.2, -0.15) is 0 Å². The Morgan fingerprint density at radius 1 is 1.04 bits per heavy atom. The van der Waals surface area contributed by atoms with E-state index in [9.17, 15) is 0 Å². The number of hydrogen-bond donors (Lipinski definition) is 0. The molecule has 2 nitrogen and oxygen atoms in total. The molecule has 0 aliphatic rings. The molecule has 0 amide bonds. The number of unbranched alkanes of at least 4 members (excludes halogenated alkanes) is 2. The van der Waals surface area contributed by atoms with E-state index in [1.165, 1.54) is 24.0 Å². The average molecular weight is 368 g/mol. The van der Waals surface area contributed by atoms with Crippen LogP contribution < -0.4 is 4.74 Å². The van der Waals surface area contributed by atoms with Gasteiger partial charge in [-0.25, -0.2) is 4.98 Å². The second-order valence-corrected chi connectivity index (χ2v) is 6.34. The molecule has 0 fully saturated rings. The third kappa shape index (κ3) is 5.34. The zero-order valence-electron chi connectivity index (χ0n) is 15.4.